The fourth-order valence-corrected chi connectivity index (χ4v) is 3.23. The topological polar surface area (TPSA) is 54.0 Å². The van der Waals surface area contributed by atoms with Crippen molar-refractivity contribution in [2.75, 3.05) is 49.7 Å². The normalized spacial score (nSPS) is 16.6. The van der Waals surface area contributed by atoms with Gasteiger partial charge in [0, 0.05) is 37.9 Å². The molecule has 1 amide bonds. The third-order valence-electron chi connectivity index (χ3n) is 4.59. The van der Waals surface area contributed by atoms with E-state index in [0.717, 1.165) is 0 Å². The van der Waals surface area contributed by atoms with Gasteiger partial charge in [0.05, 0.1) is 12.2 Å². The van der Waals surface area contributed by atoms with E-state index >= 15 is 0 Å². The van der Waals surface area contributed by atoms with Gasteiger partial charge < -0.3 is 19.7 Å². The number of rotatable bonds is 4. The second-order valence-electron chi connectivity index (χ2n) is 6.33. The number of nitrogens with zero attached hydrogens (tertiary/aromatic N) is 2. The van der Waals surface area contributed by atoms with Crippen LogP contribution in [0.5, 0.6) is 11.5 Å². The molecule has 0 radical (unpaired) electrons. The van der Waals surface area contributed by atoms with E-state index in [1.54, 1.807) is 30.3 Å². The van der Waals surface area contributed by atoms with Gasteiger partial charge in [0.15, 0.2) is 11.5 Å². The Morgan fingerprint density at radius 1 is 1.04 bits per heavy atom. The number of carbonyl (C=O) groups is 1. The van der Waals surface area contributed by atoms with Crippen LogP contribution in [0.3, 0.4) is 0 Å². The maximum atomic E-state index is 13.9. The van der Waals surface area contributed by atoms with Crippen LogP contribution >= 0.6 is 0 Å². The van der Waals surface area contributed by atoms with Gasteiger partial charge in [0.1, 0.15) is 5.82 Å². The van der Waals surface area contributed by atoms with Gasteiger partial charge in [-0.15, -0.1) is 0 Å². The number of fused-ring (bicyclic) bond motifs is 1. The predicted octanol–water partition coefficient (Wildman–Crippen LogP) is 2.32. The summed E-state index contributed by atoms with van der Waals surface area (Å²) in [5.41, 5.74) is 1.31. The minimum Gasteiger partial charge on any atom is -0.454 e. The van der Waals surface area contributed by atoms with Crippen LogP contribution < -0.4 is 19.7 Å². The van der Waals surface area contributed by atoms with Crippen molar-refractivity contribution in [3.8, 4) is 11.5 Å². The quantitative estimate of drug-likeness (QED) is 0.910. The number of anilines is 2. The Bertz CT molecular complexity index is 806. The maximum Gasteiger partial charge on any atom is 0.238 e. The first-order chi connectivity index (χ1) is 12.7. The summed E-state index contributed by atoms with van der Waals surface area (Å²) < 4.78 is 24.5. The second-order valence-corrected chi connectivity index (χ2v) is 6.33. The largest absolute Gasteiger partial charge is 0.454 e. The van der Waals surface area contributed by atoms with Crippen LogP contribution in [0.15, 0.2) is 42.5 Å². The average Bonchev–Trinajstić information content (AvgIpc) is 3.11. The molecule has 2 aromatic carbocycles. The zero-order chi connectivity index (χ0) is 17.9. The average molecular weight is 357 g/mol. The lowest BCUT2D eigenvalue weighted by atomic mass is 10.2. The van der Waals surface area contributed by atoms with E-state index in [1.165, 1.54) is 6.07 Å². The van der Waals surface area contributed by atoms with E-state index < -0.39 is 0 Å². The summed E-state index contributed by atoms with van der Waals surface area (Å²) in [6.07, 6.45) is 0. The van der Waals surface area contributed by atoms with Crippen LogP contribution in [-0.4, -0.2) is 50.3 Å². The van der Waals surface area contributed by atoms with Crippen molar-refractivity contribution in [2.24, 2.45) is 0 Å². The zero-order valence-corrected chi connectivity index (χ0v) is 14.3. The smallest absolute Gasteiger partial charge is 0.238 e. The maximum absolute atomic E-state index is 13.9. The highest BCUT2D eigenvalue weighted by Gasteiger charge is 2.21. The van der Waals surface area contributed by atoms with Crippen LogP contribution in [0.1, 0.15) is 0 Å². The molecule has 2 aliphatic rings. The van der Waals surface area contributed by atoms with Gasteiger partial charge in [-0.25, -0.2) is 4.39 Å². The Hall–Kier alpha value is -2.80. The number of nitrogens with one attached hydrogen (secondary N) is 1. The number of hydrogen-bond donors (Lipinski definition) is 1. The summed E-state index contributed by atoms with van der Waals surface area (Å²) in [6.45, 7) is 3.32. The third kappa shape index (κ3) is 3.57. The number of ether oxygens (including phenoxy) is 2. The number of benzene rings is 2. The first-order valence-electron chi connectivity index (χ1n) is 8.60. The summed E-state index contributed by atoms with van der Waals surface area (Å²) in [4.78, 5) is 16.4. The van der Waals surface area contributed by atoms with E-state index in [1.807, 2.05) is 11.0 Å². The van der Waals surface area contributed by atoms with Crippen molar-refractivity contribution < 1.29 is 18.7 Å². The van der Waals surface area contributed by atoms with Crippen LogP contribution in [0.4, 0.5) is 15.8 Å². The summed E-state index contributed by atoms with van der Waals surface area (Å²) >= 11 is 0. The minimum atomic E-state index is -0.207. The van der Waals surface area contributed by atoms with Crippen LogP contribution in [0.2, 0.25) is 0 Å². The van der Waals surface area contributed by atoms with Crippen molar-refractivity contribution in [1.82, 2.24) is 4.90 Å². The molecule has 1 N–H and O–H groups in total. The molecule has 2 aromatic rings. The highest BCUT2D eigenvalue weighted by Crippen LogP contribution is 2.34. The summed E-state index contributed by atoms with van der Waals surface area (Å²) in [5.74, 6) is 1.04. The molecule has 1 fully saturated rings. The fraction of sp³-hybridized carbons (Fsp3) is 0.316. The number of piperazine rings is 1. The monoisotopic (exact) mass is 357 g/mol. The highest BCUT2D eigenvalue weighted by atomic mass is 19.1. The van der Waals surface area contributed by atoms with Gasteiger partial charge in [-0.2, -0.15) is 0 Å². The van der Waals surface area contributed by atoms with Gasteiger partial charge in [0.25, 0.3) is 0 Å². The highest BCUT2D eigenvalue weighted by molar-refractivity contribution is 5.92. The van der Waals surface area contributed by atoms with Gasteiger partial charge in [-0.3, -0.25) is 9.69 Å². The summed E-state index contributed by atoms with van der Waals surface area (Å²) in [5, 5.41) is 2.88. The number of hydrogen-bond acceptors (Lipinski definition) is 5. The Kier molecular flexibility index (Phi) is 4.62. The first kappa shape index (κ1) is 16.7. The van der Waals surface area contributed by atoms with E-state index in [-0.39, 0.29) is 18.5 Å². The molecule has 0 saturated carbocycles. The first-order valence-corrected chi connectivity index (χ1v) is 8.60. The third-order valence-corrected chi connectivity index (χ3v) is 4.59. The summed E-state index contributed by atoms with van der Waals surface area (Å²) in [6, 6.07) is 12.1. The molecule has 0 spiro atoms. The van der Waals surface area contributed by atoms with Crippen molar-refractivity contribution in [3.05, 3.63) is 48.3 Å². The van der Waals surface area contributed by atoms with E-state index in [9.17, 15) is 9.18 Å². The molecule has 0 bridgehead atoms. The Labute approximate surface area is 151 Å². The molecule has 136 valence electrons. The van der Waals surface area contributed by atoms with Gasteiger partial charge in [-0.1, -0.05) is 12.1 Å². The molecule has 4 rings (SSSR count). The molecule has 6 nitrogen and oxygen atoms in total. The van der Waals surface area contributed by atoms with Crippen LogP contribution in [0.25, 0.3) is 0 Å². The van der Waals surface area contributed by atoms with Crippen LogP contribution in [-0.2, 0) is 4.79 Å². The Morgan fingerprint density at radius 2 is 1.81 bits per heavy atom. The Morgan fingerprint density at radius 3 is 2.62 bits per heavy atom. The van der Waals surface area contributed by atoms with Gasteiger partial charge >= 0.3 is 0 Å². The summed E-state index contributed by atoms with van der Waals surface area (Å²) in [7, 11) is 0. The SMILES string of the molecule is O=C(CN1CCN(c2ccccc2F)CC1)Nc1ccc2c(c1)OCO2. The molecule has 1 saturated heterocycles. The fourth-order valence-electron chi connectivity index (χ4n) is 3.23. The number of halogens is 1. The molecule has 0 aliphatic carbocycles. The Balaban J connectivity index is 1.29. The van der Waals surface area contributed by atoms with Crippen molar-refractivity contribution >= 4 is 17.3 Å². The number of amides is 1. The lowest BCUT2D eigenvalue weighted by Crippen LogP contribution is -2.48. The van der Waals surface area contributed by atoms with Gasteiger partial charge in [0.2, 0.25) is 12.7 Å². The lowest BCUT2D eigenvalue weighted by Gasteiger charge is -2.35. The van der Waals surface area contributed by atoms with Crippen LogP contribution in [0, 0.1) is 5.82 Å². The van der Waals surface area contributed by atoms with E-state index in [4.69, 9.17) is 9.47 Å². The minimum absolute atomic E-state index is 0.0804. The molecule has 26 heavy (non-hydrogen) atoms. The molecular formula is C19H20FN3O3. The lowest BCUT2D eigenvalue weighted by molar-refractivity contribution is -0.117. The molecule has 0 aromatic heterocycles. The van der Waals surface area contributed by atoms with E-state index in [2.05, 4.69) is 10.2 Å². The zero-order valence-electron chi connectivity index (χ0n) is 14.3. The molecular weight excluding hydrogens is 337 g/mol. The number of carbonyl (C=O) groups excluding carboxylic acids is 1. The molecule has 0 unspecified atom stereocenters. The second kappa shape index (κ2) is 7.21. The standard InChI is InChI=1S/C19H20FN3O3/c20-15-3-1-2-4-16(15)23-9-7-22(8-10-23)12-19(24)21-14-5-6-17-18(11-14)26-13-25-17/h1-6,11H,7-10,12-13H2,(H,21,24). The molecule has 2 heterocycles. The van der Waals surface area contributed by atoms with Crippen molar-refractivity contribution in [1.29, 1.82) is 0 Å². The molecule has 0 atom stereocenters. The predicted molar refractivity (Wildman–Crippen MR) is 96.2 cm³/mol. The van der Waals surface area contributed by atoms with E-state index in [0.29, 0.717) is 55.6 Å². The van der Waals surface area contributed by atoms with Gasteiger partial charge in [-0.05, 0) is 24.3 Å². The van der Waals surface area contributed by atoms with Crippen molar-refractivity contribution in [2.45, 2.75) is 0 Å². The number of para-hydroxylation sites is 1. The van der Waals surface area contributed by atoms with Crippen molar-refractivity contribution in [3.63, 3.8) is 0 Å². The molecule has 2 aliphatic heterocycles. The molecule has 7 heteroatoms.